The highest BCUT2D eigenvalue weighted by Crippen LogP contribution is 2.18. The van der Waals surface area contributed by atoms with Crippen molar-refractivity contribution in [2.24, 2.45) is 5.10 Å². The maximum atomic E-state index is 11.7. The zero-order valence-electron chi connectivity index (χ0n) is 12.5. The largest absolute Gasteiger partial charge is 0.508 e. The number of hydrogen-bond acceptors (Lipinski definition) is 4. The van der Waals surface area contributed by atoms with Crippen LogP contribution in [0, 0.1) is 13.8 Å². The van der Waals surface area contributed by atoms with Gasteiger partial charge in [-0.15, -0.1) is 0 Å². The molecule has 0 saturated carbocycles. The van der Waals surface area contributed by atoms with E-state index in [1.165, 1.54) is 6.21 Å². The fraction of sp³-hybridized carbons (Fsp3) is 0.176. The Morgan fingerprint density at radius 1 is 1.27 bits per heavy atom. The predicted octanol–water partition coefficient (Wildman–Crippen LogP) is 2.54. The van der Waals surface area contributed by atoms with Crippen molar-refractivity contribution in [1.29, 1.82) is 0 Å². The molecule has 0 atom stereocenters. The van der Waals surface area contributed by atoms with Gasteiger partial charge >= 0.3 is 0 Å². The average molecular weight is 298 g/mol. The molecule has 2 N–H and O–H groups in total. The van der Waals surface area contributed by atoms with Crippen LogP contribution in [0.4, 0.5) is 0 Å². The highest BCUT2D eigenvalue weighted by molar-refractivity contribution is 5.83. The van der Waals surface area contributed by atoms with Crippen molar-refractivity contribution in [3.05, 3.63) is 59.2 Å². The van der Waals surface area contributed by atoms with E-state index in [0.717, 1.165) is 11.1 Å². The lowest BCUT2D eigenvalue weighted by Crippen LogP contribution is -2.24. The summed E-state index contributed by atoms with van der Waals surface area (Å²) in [4.78, 5) is 11.7. The van der Waals surface area contributed by atoms with E-state index in [9.17, 15) is 9.90 Å². The van der Waals surface area contributed by atoms with Crippen molar-refractivity contribution < 1.29 is 14.6 Å². The molecule has 5 nitrogen and oxygen atoms in total. The number of benzene rings is 2. The van der Waals surface area contributed by atoms with Crippen LogP contribution in [0.5, 0.6) is 11.5 Å². The van der Waals surface area contributed by atoms with Crippen molar-refractivity contribution >= 4 is 12.1 Å². The zero-order chi connectivity index (χ0) is 15.9. The number of hydrogen-bond donors (Lipinski definition) is 2. The quantitative estimate of drug-likeness (QED) is 0.658. The number of carbonyl (C=O) groups excluding carboxylic acids is 1. The van der Waals surface area contributed by atoms with Gasteiger partial charge in [-0.3, -0.25) is 4.79 Å². The summed E-state index contributed by atoms with van der Waals surface area (Å²) in [6.45, 7) is 3.82. The number of ether oxygens (including phenoxy) is 1. The summed E-state index contributed by atoms with van der Waals surface area (Å²) in [7, 11) is 0. The standard InChI is InChI=1S/C17H18N2O3/c1-12-6-7-16(13(2)8-12)22-11-17(21)19-18-10-14-4-3-5-15(20)9-14/h3-10,20H,11H2,1-2H3,(H,19,21)/b18-10+. The van der Waals surface area contributed by atoms with Crippen LogP contribution in [0.25, 0.3) is 0 Å². The molecule has 0 aliphatic carbocycles. The van der Waals surface area contributed by atoms with Crippen LogP contribution in [0.3, 0.4) is 0 Å². The van der Waals surface area contributed by atoms with E-state index >= 15 is 0 Å². The van der Waals surface area contributed by atoms with Crippen molar-refractivity contribution in [1.82, 2.24) is 5.43 Å². The fourth-order valence-corrected chi connectivity index (χ4v) is 1.92. The van der Waals surface area contributed by atoms with E-state index in [2.05, 4.69) is 10.5 Å². The van der Waals surface area contributed by atoms with E-state index in [0.29, 0.717) is 11.3 Å². The molecule has 22 heavy (non-hydrogen) atoms. The summed E-state index contributed by atoms with van der Waals surface area (Å²) < 4.78 is 5.45. The van der Waals surface area contributed by atoms with Crippen molar-refractivity contribution in [3.8, 4) is 11.5 Å². The highest BCUT2D eigenvalue weighted by atomic mass is 16.5. The molecule has 0 aliphatic heterocycles. The smallest absolute Gasteiger partial charge is 0.277 e. The zero-order valence-corrected chi connectivity index (χ0v) is 12.5. The molecular formula is C17H18N2O3. The van der Waals surface area contributed by atoms with Gasteiger partial charge in [0.2, 0.25) is 0 Å². The van der Waals surface area contributed by atoms with Gasteiger partial charge in [-0.25, -0.2) is 5.43 Å². The third-order valence-corrected chi connectivity index (χ3v) is 2.96. The SMILES string of the molecule is Cc1ccc(OCC(=O)N/N=C/c2cccc(O)c2)c(C)c1. The number of hydrazone groups is 1. The third-order valence-electron chi connectivity index (χ3n) is 2.96. The second-order valence-electron chi connectivity index (χ2n) is 4.95. The topological polar surface area (TPSA) is 70.9 Å². The monoisotopic (exact) mass is 298 g/mol. The molecule has 2 aromatic rings. The van der Waals surface area contributed by atoms with Gasteiger partial charge < -0.3 is 9.84 Å². The Bertz CT molecular complexity index is 696. The van der Waals surface area contributed by atoms with Crippen LogP contribution in [0.1, 0.15) is 16.7 Å². The molecule has 0 saturated heterocycles. The van der Waals surface area contributed by atoms with Gasteiger partial charge in [-0.1, -0.05) is 29.8 Å². The van der Waals surface area contributed by atoms with Crippen LogP contribution in [0.15, 0.2) is 47.6 Å². The minimum Gasteiger partial charge on any atom is -0.508 e. The number of amides is 1. The molecule has 0 spiro atoms. The minimum absolute atomic E-state index is 0.110. The summed E-state index contributed by atoms with van der Waals surface area (Å²) in [6.07, 6.45) is 1.45. The lowest BCUT2D eigenvalue weighted by atomic mass is 10.1. The van der Waals surface area contributed by atoms with Crippen LogP contribution < -0.4 is 10.2 Å². The van der Waals surface area contributed by atoms with Gasteiger partial charge in [0.25, 0.3) is 5.91 Å². The van der Waals surface area contributed by atoms with Crippen LogP contribution in [-0.2, 0) is 4.79 Å². The Hall–Kier alpha value is -2.82. The Kier molecular flexibility index (Phi) is 5.14. The van der Waals surface area contributed by atoms with Crippen molar-refractivity contribution in [2.75, 3.05) is 6.61 Å². The van der Waals surface area contributed by atoms with Gasteiger partial charge in [0, 0.05) is 0 Å². The fourth-order valence-electron chi connectivity index (χ4n) is 1.92. The molecule has 1 amide bonds. The predicted molar refractivity (Wildman–Crippen MR) is 85.3 cm³/mol. The Labute approximate surface area is 129 Å². The van der Waals surface area contributed by atoms with Gasteiger partial charge in [-0.05, 0) is 43.2 Å². The number of aromatic hydroxyl groups is 1. The highest BCUT2D eigenvalue weighted by Gasteiger charge is 2.04. The number of phenols is 1. The Morgan fingerprint density at radius 2 is 2.09 bits per heavy atom. The van der Waals surface area contributed by atoms with Crippen molar-refractivity contribution in [2.45, 2.75) is 13.8 Å². The first kappa shape index (κ1) is 15.6. The molecule has 0 fully saturated rings. The van der Waals surface area contributed by atoms with E-state index < -0.39 is 0 Å². The summed E-state index contributed by atoms with van der Waals surface area (Å²) in [6, 6.07) is 12.3. The summed E-state index contributed by atoms with van der Waals surface area (Å²) in [5.74, 6) is 0.475. The average Bonchev–Trinajstić information content (AvgIpc) is 2.46. The Morgan fingerprint density at radius 3 is 2.82 bits per heavy atom. The van der Waals surface area contributed by atoms with E-state index in [4.69, 9.17) is 4.74 Å². The maximum Gasteiger partial charge on any atom is 0.277 e. The lowest BCUT2D eigenvalue weighted by molar-refractivity contribution is -0.123. The van der Waals surface area contributed by atoms with Gasteiger partial charge in [0.1, 0.15) is 11.5 Å². The number of carbonyl (C=O) groups is 1. The first-order chi connectivity index (χ1) is 10.5. The number of nitrogens with zero attached hydrogens (tertiary/aromatic N) is 1. The summed E-state index contributed by atoms with van der Waals surface area (Å²) in [5, 5.41) is 13.1. The molecule has 5 heteroatoms. The number of phenolic OH excluding ortho intramolecular Hbond substituents is 1. The molecular weight excluding hydrogens is 280 g/mol. The number of rotatable bonds is 5. The number of aryl methyl sites for hydroxylation is 2. The van der Waals surface area contributed by atoms with Crippen LogP contribution in [0.2, 0.25) is 0 Å². The van der Waals surface area contributed by atoms with E-state index in [1.807, 2.05) is 32.0 Å². The van der Waals surface area contributed by atoms with Crippen LogP contribution in [-0.4, -0.2) is 23.8 Å². The molecule has 2 rings (SSSR count). The summed E-state index contributed by atoms with van der Waals surface area (Å²) >= 11 is 0. The molecule has 2 aromatic carbocycles. The molecule has 0 heterocycles. The summed E-state index contributed by atoms with van der Waals surface area (Å²) in [5.41, 5.74) is 5.19. The molecule has 0 aliphatic rings. The third kappa shape index (κ3) is 4.63. The first-order valence-corrected chi connectivity index (χ1v) is 6.85. The normalized spacial score (nSPS) is 10.6. The number of nitrogens with one attached hydrogen (secondary N) is 1. The van der Waals surface area contributed by atoms with Crippen LogP contribution >= 0.6 is 0 Å². The van der Waals surface area contributed by atoms with E-state index in [1.54, 1.807) is 24.3 Å². The maximum absolute atomic E-state index is 11.7. The molecule has 0 aromatic heterocycles. The van der Waals surface area contributed by atoms with Gasteiger partial charge in [0.15, 0.2) is 6.61 Å². The first-order valence-electron chi connectivity index (χ1n) is 6.85. The molecule has 0 radical (unpaired) electrons. The van der Waals surface area contributed by atoms with E-state index in [-0.39, 0.29) is 18.3 Å². The van der Waals surface area contributed by atoms with Gasteiger partial charge in [0.05, 0.1) is 6.21 Å². The minimum atomic E-state index is -0.351. The second kappa shape index (κ2) is 7.26. The van der Waals surface area contributed by atoms with Crippen molar-refractivity contribution in [3.63, 3.8) is 0 Å². The molecule has 0 bridgehead atoms. The second-order valence-corrected chi connectivity index (χ2v) is 4.95. The Balaban J connectivity index is 1.83. The lowest BCUT2D eigenvalue weighted by Gasteiger charge is -2.08. The molecule has 114 valence electrons. The van der Waals surface area contributed by atoms with Gasteiger partial charge in [-0.2, -0.15) is 5.10 Å². The molecule has 0 unspecified atom stereocenters.